The minimum absolute atomic E-state index is 0.0204. The first kappa shape index (κ1) is 18.8. The Hall–Kier alpha value is -2.93. The number of benzene rings is 1. The average molecular weight is 367 g/mol. The van der Waals surface area contributed by atoms with Crippen LogP contribution in [0.25, 0.3) is 11.4 Å². The van der Waals surface area contributed by atoms with E-state index in [0.717, 1.165) is 17.7 Å². The summed E-state index contributed by atoms with van der Waals surface area (Å²) in [5.74, 6) is 1.67. The summed E-state index contributed by atoms with van der Waals surface area (Å²) >= 11 is 0. The van der Waals surface area contributed by atoms with Gasteiger partial charge in [0.15, 0.2) is 11.6 Å². The molecule has 2 heterocycles. The molecule has 0 saturated carbocycles. The summed E-state index contributed by atoms with van der Waals surface area (Å²) in [6.07, 6.45) is 4.63. The Labute approximate surface area is 158 Å². The van der Waals surface area contributed by atoms with Gasteiger partial charge < -0.3 is 14.6 Å². The van der Waals surface area contributed by atoms with Crippen molar-refractivity contribution < 1.29 is 9.53 Å². The van der Waals surface area contributed by atoms with E-state index in [4.69, 9.17) is 4.74 Å². The monoisotopic (exact) mass is 367 g/mol. The fraction of sp³-hybridized carbons (Fsp3) is 0.350. The molecule has 0 saturated heterocycles. The first-order valence-corrected chi connectivity index (χ1v) is 9.00. The molecular formula is C20H25N5O2. The highest BCUT2D eigenvalue weighted by Gasteiger charge is 2.21. The molecular weight excluding hydrogens is 342 g/mol. The van der Waals surface area contributed by atoms with Crippen LogP contribution < -0.4 is 5.32 Å². The SMILES string of the molecule is COCc1nc(-c2ccc(NC(=O)[C@@H](CC(C)C)n3cccc3)cc2)n[nH]1. The van der Waals surface area contributed by atoms with Gasteiger partial charge in [0.25, 0.3) is 0 Å². The van der Waals surface area contributed by atoms with E-state index in [1.165, 1.54) is 0 Å². The van der Waals surface area contributed by atoms with Crippen LogP contribution in [0, 0.1) is 5.92 Å². The van der Waals surface area contributed by atoms with Gasteiger partial charge in [0.2, 0.25) is 5.91 Å². The molecule has 7 heteroatoms. The van der Waals surface area contributed by atoms with Crippen LogP contribution in [0.15, 0.2) is 48.8 Å². The second kappa shape index (κ2) is 8.64. The van der Waals surface area contributed by atoms with Gasteiger partial charge in [-0.15, -0.1) is 0 Å². The van der Waals surface area contributed by atoms with Crippen LogP contribution in [-0.4, -0.2) is 32.8 Å². The number of nitrogens with zero attached hydrogens (tertiary/aromatic N) is 3. The lowest BCUT2D eigenvalue weighted by atomic mass is 10.0. The average Bonchev–Trinajstić information content (AvgIpc) is 3.32. The topological polar surface area (TPSA) is 84.8 Å². The number of hydrogen-bond donors (Lipinski definition) is 2. The van der Waals surface area contributed by atoms with Crippen molar-refractivity contribution >= 4 is 11.6 Å². The van der Waals surface area contributed by atoms with Crippen LogP contribution in [0.2, 0.25) is 0 Å². The number of nitrogens with one attached hydrogen (secondary N) is 2. The van der Waals surface area contributed by atoms with Gasteiger partial charge in [-0.25, -0.2) is 4.98 Å². The Bertz CT molecular complexity index is 853. The maximum Gasteiger partial charge on any atom is 0.247 e. The van der Waals surface area contributed by atoms with Crippen molar-refractivity contribution in [2.24, 2.45) is 5.92 Å². The third kappa shape index (κ3) is 4.83. The maximum atomic E-state index is 12.8. The Morgan fingerprint density at radius 2 is 1.93 bits per heavy atom. The highest BCUT2D eigenvalue weighted by atomic mass is 16.5. The predicted molar refractivity (Wildman–Crippen MR) is 104 cm³/mol. The second-order valence-electron chi connectivity index (χ2n) is 6.88. The lowest BCUT2D eigenvalue weighted by molar-refractivity contribution is -0.119. The molecule has 1 aromatic carbocycles. The molecule has 0 aliphatic rings. The van der Waals surface area contributed by atoms with E-state index in [2.05, 4.69) is 34.3 Å². The molecule has 142 valence electrons. The normalized spacial score (nSPS) is 12.3. The van der Waals surface area contributed by atoms with Crippen LogP contribution in [0.3, 0.4) is 0 Å². The molecule has 0 aliphatic heterocycles. The van der Waals surface area contributed by atoms with E-state index in [0.29, 0.717) is 24.2 Å². The minimum Gasteiger partial charge on any atom is -0.377 e. The number of amides is 1. The van der Waals surface area contributed by atoms with Crippen LogP contribution in [0.1, 0.15) is 32.1 Å². The molecule has 3 aromatic rings. The smallest absolute Gasteiger partial charge is 0.247 e. The molecule has 7 nitrogen and oxygen atoms in total. The molecule has 0 aliphatic carbocycles. The van der Waals surface area contributed by atoms with Gasteiger partial charge in [-0.05, 0) is 48.7 Å². The van der Waals surface area contributed by atoms with Gasteiger partial charge in [0.1, 0.15) is 12.6 Å². The molecule has 0 radical (unpaired) electrons. The highest BCUT2D eigenvalue weighted by molar-refractivity contribution is 5.93. The molecule has 0 spiro atoms. The zero-order valence-corrected chi connectivity index (χ0v) is 15.8. The van der Waals surface area contributed by atoms with Gasteiger partial charge in [-0.1, -0.05) is 13.8 Å². The number of anilines is 1. The highest BCUT2D eigenvalue weighted by Crippen LogP contribution is 2.22. The Balaban J connectivity index is 1.70. The first-order valence-electron chi connectivity index (χ1n) is 9.00. The molecule has 1 amide bonds. The van der Waals surface area contributed by atoms with Gasteiger partial charge in [0.05, 0.1) is 0 Å². The Kier molecular flexibility index (Phi) is 6.03. The molecule has 0 unspecified atom stereocenters. The fourth-order valence-electron chi connectivity index (χ4n) is 2.92. The summed E-state index contributed by atoms with van der Waals surface area (Å²) in [7, 11) is 1.61. The zero-order valence-electron chi connectivity index (χ0n) is 15.8. The van der Waals surface area contributed by atoms with E-state index in [1.54, 1.807) is 7.11 Å². The summed E-state index contributed by atoms with van der Waals surface area (Å²) in [6.45, 7) is 4.62. The number of H-pyrrole nitrogens is 1. The summed E-state index contributed by atoms with van der Waals surface area (Å²) in [6, 6.07) is 11.1. The number of aromatic amines is 1. The number of carbonyl (C=O) groups excluding carboxylic acids is 1. The lowest BCUT2D eigenvalue weighted by Crippen LogP contribution is -2.26. The van der Waals surface area contributed by atoms with E-state index in [1.807, 2.05) is 53.4 Å². The maximum absolute atomic E-state index is 12.8. The molecule has 2 aromatic heterocycles. The van der Waals surface area contributed by atoms with E-state index in [-0.39, 0.29) is 11.9 Å². The van der Waals surface area contributed by atoms with Crippen LogP contribution in [-0.2, 0) is 16.1 Å². The van der Waals surface area contributed by atoms with Gasteiger partial charge in [-0.2, -0.15) is 5.10 Å². The third-order valence-electron chi connectivity index (χ3n) is 4.21. The first-order chi connectivity index (χ1) is 13.1. The molecule has 0 bridgehead atoms. The van der Waals surface area contributed by atoms with Crippen molar-refractivity contribution in [2.45, 2.75) is 32.9 Å². The fourth-order valence-corrected chi connectivity index (χ4v) is 2.92. The zero-order chi connectivity index (χ0) is 19.2. The summed E-state index contributed by atoms with van der Waals surface area (Å²) in [5, 5.41) is 10.0. The predicted octanol–water partition coefficient (Wildman–Crippen LogP) is 3.65. The molecule has 0 fully saturated rings. The summed E-state index contributed by atoms with van der Waals surface area (Å²) < 4.78 is 6.99. The molecule has 2 N–H and O–H groups in total. The van der Waals surface area contributed by atoms with Gasteiger partial charge in [-0.3, -0.25) is 9.89 Å². The quantitative estimate of drug-likeness (QED) is 0.636. The van der Waals surface area contributed by atoms with Crippen LogP contribution >= 0.6 is 0 Å². The van der Waals surface area contributed by atoms with Gasteiger partial charge >= 0.3 is 0 Å². The molecule has 1 atom stereocenters. The van der Waals surface area contributed by atoms with Crippen molar-refractivity contribution in [1.82, 2.24) is 19.7 Å². The lowest BCUT2D eigenvalue weighted by Gasteiger charge is -2.20. The van der Waals surface area contributed by atoms with Crippen molar-refractivity contribution in [3.8, 4) is 11.4 Å². The third-order valence-corrected chi connectivity index (χ3v) is 4.21. The van der Waals surface area contributed by atoms with E-state index in [9.17, 15) is 4.79 Å². The van der Waals surface area contributed by atoms with Gasteiger partial charge in [0, 0.05) is 30.8 Å². The number of hydrogen-bond acceptors (Lipinski definition) is 4. The van der Waals surface area contributed by atoms with E-state index < -0.39 is 0 Å². The van der Waals surface area contributed by atoms with Crippen molar-refractivity contribution in [3.05, 3.63) is 54.6 Å². The Morgan fingerprint density at radius 3 is 2.56 bits per heavy atom. The van der Waals surface area contributed by atoms with Crippen LogP contribution in [0.5, 0.6) is 0 Å². The minimum atomic E-state index is -0.232. The molecule has 3 rings (SSSR count). The van der Waals surface area contributed by atoms with Crippen molar-refractivity contribution in [2.75, 3.05) is 12.4 Å². The number of ether oxygens (including phenoxy) is 1. The summed E-state index contributed by atoms with van der Waals surface area (Å²) in [4.78, 5) is 17.2. The van der Waals surface area contributed by atoms with Crippen LogP contribution in [0.4, 0.5) is 5.69 Å². The summed E-state index contributed by atoms with van der Waals surface area (Å²) in [5.41, 5.74) is 1.62. The van der Waals surface area contributed by atoms with Crippen molar-refractivity contribution in [3.63, 3.8) is 0 Å². The van der Waals surface area contributed by atoms with Crippen molar-refractivity contribution in [1.29, 1.82) is 0 Å². The number of methoxy groups -OCH3 is 1. The second-order valence-corrected chi connectivity index (χ2v) is 6.88. The van der Waals surface area contributed by atoms with E-state index >= 15 is 0 Å². The Morgan fingerprint density at radius 1 is 1.22 bits per heavy atom. The largest absolute Gasteiger partial charge is 0.377 e. The number of rotatable bonds is 8. The standard InChI is InChI=1S/C20H25N5O2/c1-14(2)12-17(25-10-4-5-11-25)20(26)21-16-8-6-15(7-9-16)19-22-18(13-27-3)23-24-19/h4-11,14,17H,12-13H2,1-3H3,(H,21,26)(H,22,23,24)/t17-/m1/s1. The molecule has 27 heavy (non-hydrogen) atoms. The number of carbonyl (C=O) groups is 1. The number of aromatic nitrogens is 4.